The van der Waals surface area contributed by atoms with E-state index in [1.807, 2.05) is 24.3 Å². The Labute approximate surface area is 219 Å². The largest absolute Gasteiger partial charge is 0.381 e. The van der Waals surface area contributed by atoms with Crippen LogP contribution in [0.25, 0.3) is 0 Å². The Morgan fingerprint density at radius 3 is 2.81 bits per heavy atom. The standard InChI is InChI=1S/C26H26ClN7OS/c1-30-21(35)7-5-16-4-6-17-14-26(22(28)18(17)13-16)8-11-34(12-9-26)20-15-32-25(24(29)33-20)36-19-3-2-10-31-23(19)27/h2-4,6,10,13,15,22H,8-9,11-12,14,28H2,1H3,(H2,29,33)(H,30,35)/t22-/m1/s1. The molecule has 3 aromatic rings. The van der Waals surface area contributed by atoms with Crippen molar-refractivity contribution in [1.29, 1.82) is 0 Å². The number of hydrogen-bond acceptors (Lipinski definition) is 8. The van der Waals surface area contributed by atoms with Crippen LogP contribution in [0.4, 0.5) is 11.6 Å². The SMILES string of the molecule is CNC(=O)C#Cc1ccc2c(c1)[C@@H](N)C1(CCN(c3cnc(Sc4cccnc4Cl)c(N)n3)CC1)C2. The molecule has 0 unspecified atom stereocenters. The van der Waals surface area contributed by atoms with Crippen LogP contribution < -0.4 is 21.7 Å². The molecule has 1 aliphatic heterocycles. The number of nitrogens with two attached hydrogens (primary N) is 2. The van der Waals surface area contributed by atoms with E-state index in [4.69, 9.17) is 23.1 Å². The second kappa shape index (κ2) is 9.97. The molecule has 1 fully saturated rings. The second-order valence-electron chi connectivity index (χ2n) is 9.06. The van der Waals surface area contributed by atoms with E-state index < -0.39 is 0 Å². The number of carbonyl (C=O) groups excluding carboxylic acids is 1. The van der Waals surface area contributed by atoms with E-state index in [0.717, 1.165) is 54.2 Å². The van der Waals surface area contributed by atoms with Crippen molar-refractivity contribution in [2.45, 2.75) is 35.2 Å². The normalized spacial score (nSPS) is 17.9. The highest BCUT2D eigenvalue weighted by Gasteiger charge is 2.46. The van der Waals surface area contributed by atoms with Crippen LogP contribution in [0.1, 0.15) is 35.6 Å². The number of nitrogens with one attached hydrogen (secondary N) is 1. The highest BCUT2D eigenvalue weighted by Crippen LogP contribution is 2.51. The van der Waals surface area contributed by atoms with E-state index in [1.165, 1.54) is 17.3 Å². The minimum Gasteiger partial charge on any atom is -0.381 e. The van der Waals surface area contributed by atoms with Crippen LogP contribution in [0.3, 0.4) is 0 Å². The van der Waals surface area contributed by atoms with Crippen LogP contribution in [0, 0.1) is 17.3 Å². The molecule has 3 heterocycles. The monoisotopic (exact) mass is 519 g/mol. The molecule has 10 heteroatoms. The van der Waals surface area contributed by atoms with Gasteiger partial charge >= 0.3 is 0 Å². The zero-order chi connectivity index (χ0) is 25.3. The average molecular weight is 520 g/mol. The Hall–Kier alpha value is -3.32. The number of rotatable bonds is 3. The first-order chi connectivity index (χ1) is 17.4. The van der Waals surface area contributed by atoms with Crippen LogP contribution in [-0.4, -0.2) is 41.0 Å². The molecule has 1 aliphatic carbocycles. The maximum Gasteiger partial charge on any atom is 0.295 e. The van der Waals surface area contributed by atoms with E-state index in [-0.39, 0.29) is 17.4 Å². The first-order valence-corrected chi connectivity index (χ1v) is 12.9. The Balaban J connectivity index is 1.27. The molecule has 36 heavy (non-hydrogen) atoms. The van der Waals surface area contributed by atoms with Gasteiger partial charge in [0.05, 0.1) is 11.1 Å². The van der Waals surface area contributed by atoms with Crippen molar-refractivity contribution in [1.82, 2.24) is 20.3 Å². The first-order valence-electron chi connectivity index (χ1n) is 11.7. The zero-order valence-corrected chi connectivity index (χ0v) is 21.4. The number of fused-ring (bicyclic) bond motifs is 1. The summed E-state index contributed by atoms with van der Waals surface area (Å²) in [5, 5.41) is 3.52. The fourth-order valence-electron chi connectivity index (χ4n) is 4.97. The van der Waals surface area contributed by atoms with Crippen molar-refractivity contribution in [3.05, 3.63) is 64.6 Å². The summed E-state index contributed by atoms with van der Waals surface area (Å²) >= 11 is 7.52. The molecule has 8 nitrogen and oxygen atoms in total. The second-order valence-corrected chi connectivity index (χ2v) is 10.4. The van der Waals surface area contributed by atoms with Gasteiger partial charge in [-0.2, -0.15) is 0 Å². The van der Waals surface area contributed by atoms with E-state index in [2.05, 4.69) is 43.1 Å². The molecule has 0 saturated carbocycles. The minimum atomic E-state index is -0.306. The fourth-order valence-corrected chi connectivity index (χ4v) is 5.95. The number of nitrogen functional groups attached to an aromatic ring is 1. The Kier molecular flexibility index (Phi) is 6.75. The van der Waals surface area contributed by atoms with Crippen LogP contribution in [0.2, 0.25) is 5.15 Å². The fraction of sp³-hybridized carbons (Fsp3) is 0.308. The lowest BCUT2D eigenvalue weighted by Crippen LogP contribution is -2.44. The van der Waals surface area contributed by atoms with Crippen molar-refractivity contribution in [2.75, 3.05) is 30.8 Å². The van der Waals surface area contributed by atoms with Crippen LogP contribution in [0.5, 0.6) is 0 Å². The third-order valence-corrected chi connectivity index (χ3v) is 8.47. The molecule has 184 valence electrons. The topological polar surface area (TPSA) is 123 Å². The van der Waals surface area contributed by atoms with Crippen molar-refractivity contribution < 1.29 is 4.79 Å². The lowest BCUT2D eigenvalue weighted by Gasteiger charge is -2.42. The lowest BCUT2D eigenvalue weighted by atomic mass is 9.73. The quantitative estimate of drug-likeness (QED) is 0.356. The average Bonchev–Trinajstić information content (AvgIpc) is 3.15. The Bertz CT molecular complexity index is 1380. The Morgan fingerprint density at radius 2 is 2.08 bits per heavy atom. The molecule has 2 aliphatic rings. The van der Waals surface area contributed by atoms with Crippen LogP contribution in [0.15, 0.2) is 52.6 Å². The molecule has 0 radical (unpaired) electrons. The molecule has 5 N–H and O–H groups in total. The first kappa shape index (κ1) is 24.4. The predicted molar refractivity (Wildman–Crippen MR) is 142 cm³/mol. The highest BCUT2D eigenvalue weighted by atomic mass is 35.5. The van der Waals surface area contributed by atoms with Gasteiger partial charge in [-0.3, -0.25) is 4.79 Å². The zero-order valence-electron chi connectivity index (χ0n) is 19.8. The summed E-state index contributed by atoms with van der Waals surface area (Å²) in [4.78, 5) is 27.7. The maximum atomic E-state index is 11.5. The Morgan fingerprint density at radius 1 is 1.28 bits per heavy atom. The van der Waals surface area contributed by atoms with Gasteiger partial charge in [0, 0.05) is 43.9 Å². The van der Waals surface area contributed by atoms with E-state index in [1.54, 1.807) is 19.4 Å². The summed E-state index contributed by atoms with van der Waals surface area (Å²) in [6.07, 6.45) is 6.22. The summed E-state index contributed by atoms with van der Waals surface area (Å²) in [5.74, 6) is 6.35. The smallest absolute Gasteiger partial charge is 0.295 e. The van der Waals surface area contributed by atoms with Gasteiger partial charge in [-0.15, -0.1) is 0 Å². The van der Waals surface area contributed by atoms with Gasteiger partial charge < -0.3 is 21.7 Å². The third kappa shape index (κ3) is 4.72. The molecule has 0 bridgehead atoms. The van der Waals surface area contributed by atoms with Gasteiger partial charge in [0.2, 0.25) is 0 Å². The van der Waals surface area contributed by atoms with Gasteiger partial charge in [0.1, 0.15) is 16.0 Å². The van der Waals surface area contributed by atoms with E-state index in [9.17, 15) is 4.79 Å². The minimum absolute atomic E-state index is 0.00248. The molecule has 2 aromatic heterocycles. The summed E-state index contributed by atoms with van der Waals surface area (Å²) in [7, 11) is 1.57. The van der Waals surface area contributed by atoms with Gasteiger partial charge in [-0.25, -0.2) is 15.0 Å². The van der Waals surface area contributed by atoms with Crippen molar-refractivity contribution >= 4 is 40.9 Å². The van der Waals surface area contributed by atoms with Crippen LogP contribution in [-0.2, 0) is 11.2 Å². The lowest BCUT2D eigenvalue weighted by molar-refractivity contribution is -0.115. The molecule has 1 amide bonds. The number of halogens is 1. The molecule has 1 saturated heterocycles. The molecule has 5 rings (SSSR count). The number of nitrogens with zero attached hydrogens (tertiary/aromatic N) is 4. The number of hydrogen-bond donors (Lipinski definition) is 3. The van der Waals surface area contributed by atoms with Gasteiger partial charge in [-0.1, -0.05) is 35.3 Å². The molecule has 1 aromatic carbocycles. The van der Waals surface area contributed by atoms with Crippen LogP contribution >= 0.6 is 23.4 Å². The molecule has 1 atom stereocenters. The van der Waals surface area contributed by atoms with E-state index >= 15 is 0 Å². The third-order valence-electron chi connectivity index (χ3n) is 7.00. The van der Waals surface area contributed by atoms with Gasteiger partial charge in [0.15, 0.2) is 5.82 Å². The van der Waals surface area contributed by atoms with Crippen molar-refractivity contribution in [3.8, 4) is 11.8 Å². The van der Waals surface area contributed by atoms with Gasteiger partial charge in [0.25, 0.3) is 5.91 Å². The number of amides is 1. The molecule has 1 spiro atoms. The maximum absolute atomic E-state index is 11.5. The number of aromatic nitrogens is 3. The molecular formula is C26H26ClN7OS. The van der Waals surface area contributed by atoms with Gasteiger partial charge in [-0.05, 0) is 60.1 Å². The van der Waals surface area contributed by atoms with Crippen molar-refractivity contribution in [2.24, 2.45) is 11.1 Å². The van der Waals surface area contributed by atoms with Crippen molar-refractivity contribution in [3.63, 3.8) is 0 Å². The summed E-state index contributed by atoms with van der Waals surface area (Å²) in [6.45, 7) is 1.64. The summed E-state index contributed by atoms with van der Waals surface area (Å²) < 4.78 is 0. The number of benzene rings is 1. The van der Waals surface area contributed by atoms with E-state index in [0.29, 0.717) is 16.0 Å². The predicted octanol–water partition coefficient (Wildman–Crippen LogP) is 3.20. The number of piperidine rings is 1. The summed E-state index contributed by atoms with van der Waals surface area (Å²) in [5.41, 5.74) is 16.3. The highest BCUT2D eigenvalue weighted by molar-refractivity contribution is 7.99. The number of carbonyl (C=O) groups is 1. The molecular weight excluding hydrogens is 494 g/mol. The summed E-state index contributed by atoms with van der Waals surface area (Å²) in [6, 6.07) is 9.72. The number of anilines is 2. The number of pyridine rings is 1.